The lowest BCUT2D eigenvalue weighted by Crippen LogP contribution is -2.36. The van der Waals surface area contributed by atoms with Gasteiger partial charge in [-0.1, -0.05) is 25.5 Å². The van der Waals surface area contributed by atoms with Crippen LogP contribution in [0.15, 0.2) is 53.5 Å². The average Bonchev–Trinajstić information content (AvgIpc) is 3.62. The predicted octanol–water partition coefficient (Wildman–Crippen LogP) is 5.29. The van der Waals surface area contributed by atoms with Gasteiger partial charge < -0.3 is 5.32 Å². The summed E-state index contributed by atoms with van der Waals surface area (Å²) in [7, 11) is 0. The fourth-order valence-electron chi connectivity index (χ4n) is 5.30. The van der Waals surface area contributed by atoms with E-state index in [9.17, 15) is 23.2 Å². The molecular weight excluding hydrogens is 502 g/mol. The number of aromatic nitrogens is 2. The largest absolute Gasteiger partial charge is 0.352 e. The third kappa shape index (κ3) is 5.62. The molecule has 9 heteroatoms. The van der Waals surface area contributed by atoms with Crippen LogP contribution < -0.4 is 15.6 Å². The molecule has 1 saturated carbocycles. The minimum atomic E-state index is -0.875. The van der Waals surface area contributed by atoms with Crippen molar-refractivity contribution in [2.45, 2.75) is 51.9 Å². The summed E-state index contributed by atoms with van der Waals surface area (Å²) < 4.78 is 29.9. The van der Waals surface area contributed by atoms with E-state index in [2.05, 4.69) is 23.8 Å². The molecule has 2 amide bonds. The topological polar surface area (TPSA) is 84.3 Å². The van der Waals surface area contributed by atoms with Crippen molar-refractivity contribution in [3.63, 3.8) is 0 Å². The van der Waals surface area contributed by atoms with E-state index in [1.807, 2.05) is 0 Å². The highest BCUT2D eigenvalue weighted by Crippen LogP contribution is 2.42. The van der Waals surface area contributed by atoms with Gasteiger partial charge in [-0.05, 0) is 68.2 Å². The molecule has 1 aliphatic carbocycles. The predicted molar refractivity (Wildman–Crippen MR) is 146 cm³/mol. The van der Waals surface area contributed by atoms with Crippen LogP contribution in [0.5, 0.6) is 0 Å². The van der Waals surface area contributed by atoms with Crippen LogP contribution in [0.2, 0.25) is 0 Å². The second kappa shape index (κ2) is 11.1. The van der Waals surface area contributed by atoms with Crippen LogP contribution in [0, 0.1) is 23.5 Å². The minimum absolute atomic E-state index is 0.0687. The van der Waals surface area contributed by atoms with Gasteiger partial charge in [0.2, 0.25) is 11.3 Å². The Bertz CT molecular complexity index is 1520. The van der Waals surface area contributed by atoms with E-state index in [4.69, 9.17) is 0 Å². The fourth-order valence-corrected chi connectivity index (χ4v) is 5.30. The molecule has 1 aromatic carbocycles. The third-order valence-electron chi connectivity index (χ3n) is 7.81. The molecule has 1 N–H and O–H groups in total. The molecule has 5 rings (SSSR count). The zero-order valence-electron chi connectivity index (χ0n) is 22.0. The normalized spacial score (nSPS) is 17.9. The highest BCUT2D eigenvalue weighted by atomic mass is 19.1. The van der Waals surface area contributed by atoms with E-state index in [0.29, 0.717) is 37.2 Å². The Labute approximate surface area is 225 Å². The van der Waals surface area contributed by atoms with Crippen LogP contribution in [0.25, 0.3) is 16.7 Å². The Hall–Kier alpha value is -3.88. The maximum atomic E-state index is 14.9. The van der Waals surface area contributed by atoms with Crippen molar-refractivity contribution >= 4 is 28.7 Å². The van der Waals surface area contributed by atoms with Crippen LogP contribution in [-0.2, 0) is 4.79 Å². The van der Waals surface area contributed by atoms with Gasteiger partial charge in [0, 0.05) is 31.8 Å². The number of piperidine rings is 1. The highest BCUT2D eigenvalue weighted by Gasteiger charge is 2.29. The van der Waals surface area contributed by atoms with Crippen molar-refractivity contribution in [1.29, 1.82) is 0 Å². The summed E-state index contributed by atoms with van der Waals surface area (Å²) >= 11 is 0. The van der Waals surface area contributed by atoms with Gasteiger partial charge in [0.15, 0.2) is 5.65 Å². The van der Waals surface area contributed by atoms with Gasteiger partial charge in [-0.2, -0.15) is 0 Å². The first-order valence-corrected chi connectivity index (χ1v) is 13.5. The van der Waals surface area contributed by atoms with Crippen molar-refractivity contribution in [2.24, 2.45) is 11.8 Å². The molecule has 39 heavy (non-hydrogen) atoms. The number of halogens is 2. The van der Waals surface area contributed by atoms with Gasteiger partial charge in [0.25, 0.3) is 5.91 Å². The number of amides is 2. The molecule has 2 aromatic heterocycles. The van der Waals surface area contributed by atoms with Gasteiger partial charge in [0.1, 0.15) is 23.0 Å². The zero-order chi connectivity index (χ0) is 27.7. The Kier molecular flexibility index (Phi) is 7.59. The number of allylic oxidation sites excluding steroid dienone is 1. The molecule has 3 heterocycles. The summed E-state index contributed by atoms with van der Waals surface area (Å²) in [5, 5.41) is 2.94. The Morgan fingerprint density at radius 1 is 1.21 bits per heavy atom. The summed E-state index contributed by atoms with van der Waals surface area (Å²) in [4.78, 5) is 45.2. The SMILES string of the molecule is C=C1CC1CC(CC)CCNC(=O)c1cn(-c2ccc(F)cc2F)c2nc(N3CCCCC3=O)ccc2c1=O. The Morgan fingerprint density at radius 2 is 2.00 bits per heavy atom. The van der Waals surface area contributed by atoms with Crippen molar-refractivity contribution in [3.05, 3.63) is 76.1 Å². The van der Waals surface area contributed by atoms with Crippen molar-refractivity contribution in [1.82, 2.24) is 14.9 Å². The molecule has 7 nitrogen and oxygen atoms in total. The first kappa shape index (κ1) is 26.7. The number of benzene rings is 1. The van der Waals surface area contributed by atoms with Gasteiger partial charge in [-0.15, -0.1) is 0 Å². The monoisotopic (exact) mass is 534 g/mol. The van der Waals surface area contributed by atoms with Crippen LogP contribution >= 0.6 is 0 Å². The van der Waals surface area contributed by atoms with E-state index >= 15 is 0 Å². The van der Waals surface area contributed by atoms with Crippen LogP contribution in [0.3, 0.4) is 0 Å². The molecule has 204 valence electrons. The van der Waals surface area contributed by atoms with E-state index in [0.717, 1.165) is 50.7 Å². The lowest BCUT2D eigenvalue weighted by molar-refractivity contribution is -0.119. The second-order valence-electron chi connectivity index (χ2n) is 10.5. The molecule has 2 fully saturated rings. The summed E-state index contributed by atoms with van der Waals surface area (Å²) in [6.07, 6.45) is 7.13. The van der Waals surface area contributed by atoms with E-state index in [1.54, 1.807) is 11.0 Å². The number of carbonyl (C=O) groups is 2. The lowest BCUT2D eigenvalue weighted by atomic mass is 9.95. The smallest absolute Gasteiger partial charge is 0.256 e. The van der Waals surface area contributed by atoms with Crippen molar-refractivity contribution in [2.75, 3.05) is 18.0 Å². The number of hydrogen-bond acceptors (Lipinski definition) is 4. The van der Waals surface area contributed by atoms with Gasteiger partial charge in [0.05, 0.1) is 11.1 Å². The molecule has 0 spiro atoms. The van der Waals surface area contributed by atoms with Crippen molar-refractivity contribution < 1.29 is 18.4 Å². The summed E-state index contributed by atoms with van der Waals surface area (Å²) in [5.74, 6) is -0.935. The molecule has 0 bridgehead atoms. The van der Waals surface area contributed by atoms with E-state index < -0.39 is 23.0 Å². The maximum Gasteiger partial charge on any atom is 0.256 e. The molecule has 2 unspecified atom stereocenters. The maximum absolute atomic E-state index is 14.9. The van der Waals surface area contributed by atoms with E-state index in [1.165, 1.54) is 28.5 Å². The van der Waals surface area contributed by atoms with Gasteiger partial charge >= 0.3 is 0 Å². The number of carbonyl (C=O) groups excluding carboxylic acids is 2. The molecule has 3 aromatic rings. The molecule has 1 aliphatic heterocycles. The fraction of sp³-hybridized carbons (Fsp3) is 0.400. The minimum Gasteiger partial charge on any atom is -0.352 e. The van der Waals surface area contributed by atoms with Crippen LogP contribution in [0.1, 0.15) is 62.2 Å². The first-order chi connectivity index (χ1) is 18.8. The highest BCUT2D eigenvalue weighted by molar-refractivity contribution is 5.98. The van der Waals surface area contributed by atoms with Crippen LogP contribution in [0.4, 0.5) is 14.6 Å². The third-order valence-corrected chi connectivity index (χ3v) is 7.81. The number of nitrogens with one attached hydrogen (secondary N) is 1. The van der Waals surface area contributed by atoms with Gasteiger partial charge in [-0.3, -0.25) is 23.9 Å². The molecule has 1 saturated heterocycles. The first-order valence-electron chi connectivity index (χ1n) is 13.5. The van der Waals surface area contributed by atoms with Gasteiger partial charge in [-0.25, -0.2) is 13.8 Å². The Balaban J connectivity index is 1.50. The summed E-state index contributed by atoms with van der Waals surface area (Å²) in [6, 6.07) is 6.13. The lowest BCUT2D eigenvalue weighted by Gasteiger charge is -2.26. The summed E-state index contributed by atoms with van der Waals surface area (Å²) in [6.45, 7) is 7.02. The number of nitrogens with zero attached hydrogens (tertiary/aromatic N) is 3. The number of pyridine rings is 2. The second-order valence-corrected chi connectivity index (χ2v) is 10.5. The quantitative estimate of drug-likeness (QED) is 0.378. The Morgan fingerprint density at radius 3 is 2.69 bits per heavy atom. The number of hydrogen-bond donors (Lipinski definition) is 1. The molecule has 2 atom stereocenters. The van der Waals surface area contributed by atoms with Crippen LogP contribution in [-0.4, -0.2) is 34.5 Å². The number of anilines is 1. The van der Waals surface area contributed by atoms with Crippen molar-refractivity contribution in [3.8, 4) is 5.69 Å². The molecule has 0 radical (unpaired) electrons. The average molecular weight is 535 g/mol. The summed E-state index contributed by atoms with van der Waals surface area (Å²) in [5.41, 5.74) is 0.572. The number of fused-ring (bicyclic) bond motifs is 1. The zero-order valence-corrected chi connectivity index (χ0v) is 22.0. The number of rotatable bonds is 9. The standard InChI is InChI=1S/C30H32F2N4O3/c1-3-19(15-20-14-18(20)2)11-12-33-30(39)23-17-36(25-9-7-21(31)16-24(25)32)29-22(28(23)38)8-10-26(34-29)35-13-5-4-6-27(35)37/h7-10,16-17,19-20H,2-6,11-15H2,1H3,(H,33,39). The van der Waals surface area contributed by atoms with E-state index in [-0.39, 0.29) is 28.2 Å². The molecule has 2 aliphatic rings. The molecular formula is C30H32F2N4O3.